The van der Waals surface area contributed by atoms with Crippen molar-refractivity contribution < 1.29 is 19.7 Å². The maximum absolute atomic E-state index is 11.5. The average Bonchev–Trinajstić information content (AvgIpc) is 2.49. The largest absolute Gasteiger partial charge is 0.492 e. The first-order valence-corrected chi connectivity index (χ1v) is 7.81. The summed E-state index contributed by atoms with van der Waals surface area (Å²) in [7, 11) is 0. The van der Waals surface area contributed by atoms with Crippen LogP contribution < -0.4 is 10.1 Å². The van der Waals surface area contributed by atoms with E-state index in [0.717, 1.165) is 19.3 Å². The van der Waals surface area contributed by atoms with Crippen molar-refractivity contribution in [3.63, 3.8) is 0 Å². The standard InChI is InChI=1S/C16H24N2O4/c1-2-22-13-7-6-12(17-11-13)10-18-14(15(19)20)16(21)8-4-3-5-9-16/h6-7,11,14,18,21H,2-5,8-10H2,1H3,(H,19,20). The summed E-state index contributed by atoms with van der Waals surface area (Å²) in [5.74, 6) is -0.331. The molecule has 0 aliphatic heterocycles. The first-order valence-electron chi connectivity index (χ1n) is 7.81. The maximum atomic E-state index is 11.5. The van der Waals surface area contributed by atoms with Crippen LogP contribution in [0, 0.1) is 0 Å². The van der Waals surface area contributed by atoms with Crippen molar-refractivity contribution in [3.05, 3.63) is 24.0 Å². The number of ether oxygens (including phenoxy) is 1. The molecule has 0 spiro atoms. The summed E-state index contributed by atoms with van der Waals surface area (Å²) < 4.78 is 5.32. The van der Waals surface area contributed by atoms with Gasteiger partial charge in [-0.3, -0.25) is 15.1 Å². The topological polar surface area (TPSA) is 91.7 Å². The van der Waals surface area contributed by atoms with E-state index in [4.69, 9.17) is 4.74 Å². The normalized spacial score (nSPS) is 18.6. The number of nitrogens with zero attached hydrogens (tertiary/aromatic N) is 1. The number of hydrogen-bond donors (Lipinski definition) is 3. The Morgan fingerprint density at radius 3 is 2.68 bits per heavy atom. The van der Waals surface area contributed by atoms with Crippen LogP contribution in [0.5, 0.6) is 5.75 Å². The lowest BCUT2D eigenvalue weighted by Crippen LogP contribution is -2.56. The molecule has 0 aromatic carbocycles. The Morgan fingerprint density at radius 2 is 2.14 bits per heavy atom. The summed E-state index contributed by atoms with van der Waals surface area (Å²) in [5, 5.41) is 23.0. The molecule has 1 saturated carbocycles. The fourth-order valence-corrected chi connectivity index (χ4v) is 2.93. The molecule has 1 heterocycles. The minimum Gasteiger partial charge on any atom is -0.492 e. The van der Waals surface area contributed by atoms with E-state index in [-0.39, 0.29) is 0 Å². The highest BCUT2D eigenvalue weighted by Crippen LogP contribution is 2.31. The number of aliphatic carboxylic acids is 1. The molecule has 2 rings (SSSR count). The Bertz CT molecular complexity index is 483. The summed E-state index contributed by atoms with van der Waals surface area (Å²) in [4.78, 5) is 15.7. The van der Waals surface area contributed by atoms with E-state index in [1.807, 2.05) is 6.92 Å². The van der Waals surface area contributed by atoms with Crippen LogP contribution >= 0.6 is 0 Å². The minimum absolute atomic E-state index is 0.297. The van der Waals surface area contributed by atoms with Gasteiger partial charge in [0, 0.05) is 6.54 Å². The van der Waals surface area contributed by atoms with Gasteiger partial charge in [-0.05, 0) is 31.9 Å². The first kappa shape index (κ1) is 16.7. The molecule has 3 N–H and O–H groups in total. The van der Waals surface area contributed by atoms with Crippen LogP contribution in [0.3, 0.4) is 0 Å². The van der Waals surface area contributed by atoms with Gasteiger partial charge >= 0.3 is 5.97 Å². The molecule has 6 heteroatoms. The number of hydrogen-bond acceptors (Lipinski definition) is 5. The van der Waals surface area contributed by atoms with Crippen molar-refractivity contribution in [2.24, 2.45) is 0 Å². The highest BCUT2D eigenvalue weighted by atomic mass is 16.5. The molecule has 6 nitrogen and oxygen atoms in total. The summed E-state index contributed by atoms with van der Waals surface area (Å²) in [6.07, 6.45) is 5.44. The minimum atomic E-state index is -1.17. The monoisotopic (exact) mass is 308 g/mol. The van der Waals surface area contributed by atoms with Crippen molar-refractivity contribution in [3.8, 4) is 5.75 Å². The van der Waals surface area contributed by atoms with Crippen LogP contribution in [-0.4, -0.2) is 39.4 Å². The summed E-state index contributed by atoms with van der Waals surface area (Å²) in [5.41, 5.74) is -0.455. The molecule has 122 valence electrons. The van der Waals surface area contributed by atoms with E-state index in [9.17, 15) is 15.0 Å². The van der Waals surface area contributed by atoms with Gasteiger partial charge in [0.1, 0.15) is 11.8 Å². The van der Waals surface area contributed by atoms with Gasteiger partial charge in [-0.15, -0.1) is 0 Å². The summed E-state index contributed by atoms with van der Waals surface area (Å²) in [6.45, 7) is 2.77. The average molecular weight is 308 g/mol. The highest BCUT2D eigenvalue weighted by Gasteiger charge is 2.42. The summed E-state index contributed by atoms with van der Waals surface area (Å²) in [6, 6.07) is 2.63. The van der Waals surface area contributed by atoms with Crippen LogP contribution in [-0.2, 0) is 11.3 Å². The zero-order valence-electron chi connectivity index (χ0n) is 12.9. The van der Waals surface area contributed by atoms with Gasteiger partial charge < -0.3 is 14.9 Å². The van der Waals surface area contributed by atoms with Gasteiger partial charge in [0.25, 0.3) is 0 Å². The van der Waals surface area contributed by atoms with E-state index in [0.29, 0.717) is 37.4 Å². The van der Waals surface area contributed by atoms with E-state index >= 15 is 0 Å². The van der Waals surface area contributed by atoms with Crippen molar-refractivity contribution in [1.82, 2.24) is 10.3 Å². The lowest BCUT2D eigenvalue weighted by atomic mass is 9.79. The van der Waals surface area contributed by atoms with E-state index < -0.39 is 17.6 Å². The van der Waals surface area contributed by atoms with Crippen LogP contribution in [0.1, 0.15) is 44.7 Å². The van der Waals surface area contributed by atoms with E-state index in [2.05, 4.69) is 10.3 Å². The SMILES string of the molecule is CCOc1ccc(CNC(C(=O)O)C2(O)CCCCC2)nc1. The predicted octanol–water partition coefficient (Wildman–Crippen LogP) is 1.72. The molecule has 0 amide bonds. The lowest BCUT2D eigenvalue weighted by molar-refractivity contribution is -0.149. The Hall–Kier alpha value is -1.66. The van der Waals surface area contributed by atoms with Crippen LogP contribution in [0.2, 0.25) is 0 Å². The Labute approximate surface area is 130 Å². The third-order valence-corrected chi connectivity index (χ3v) is 4.10. The molecule has 1 aromatic rings. The molecular formula is C16H24N2O4. The maximum Gasteiger partial charge on any atom is 0.323 e. The molecule has 1 aliphatic rings. The van der Waals surface area contributed by atoms with Gasteiger partial charge in [0.2, 0.25) is 0 Å². The van der Waals surface area contributed by atoms with Gasteiger partial charge in [-0.1, -0.05) is 19.3 Å². The van der Waals surface area contributed by atoms with Crippen molar-refractivity contribution in [2.45, 2.75) is 57.2 Å². The lowest BCUT2D eigenvalue weighted by Gasteiger charge is -2.37. The number of pyridine rings is 1. The Kier molecular flexibility index (Phi) is 5.74. The van der Waals surface area contributed by atoms with E-state index in [1.54, 1.807) is 18.3 Å². The zero-order chi connectivity index (χ0) is 16.0. The van der Waals surface area contributed by atoms with E-state index in [1.165, 1.54) is 0 Å². The fourth-order valence-electron chi connectivity index (χ4n) is 2.93. The molecule has 1 fully saturated rings. The molecule has 22 heavy (non-hydrogen) atoms. The van der Waals surface area contributed by atoms with Gasteiger partial charge in [0.05, 0.1) is 24.1 Å². The first-order chi connectivity index (χ1) is 10.5. The fraction of sp³-hybridized carbons (Fsp3) is 0.625. The molecule has 1 atom stereocenters. The van der Waals surface area contributed by atoms with Crippen LogP contribution in [0.4, 0.5) is 0 Å². The second-order valence-corrected chi connectivity index (χ2v) is 5.73. The Morgan fingerprint density at radius 1 is 1.41 bits per heavy atom. The second-order valence-electron chi connectivity index (χ2n) is 5.73. The number of rotatable bonds is 7. The number of carboxylic acid groups (broad SMARTS) is 1. The number of aromatic nitrogens is 1. The highest BCUT2D eigenvalue weighted by molar-refractivity contribution is 5.75. The molecule has 1 unspecified atom stereocenters. The zero-order valence-corrected chi connectivity index (χ0v) is 12.9. The number of aliphatic hydroxyl groups is 1. The third-order valence-electron chi connectivity index (χ3n) is 4.10. The van der Waals surface area contributed by atoms with Gasteiger partial charge in [-0.25, -0.2) is 0 Å². The quantitative estimate of drug-likeness (QED) is 0.710. The van der Waals surface area contributed by atoms with Crippen LogP contribution in [0.25, 0.3) is 0 Å². The second kappa shape index (κ2) is 7.56. The van der Waals surface area contributed by atoms with Crippen molar-refractivity contribution in [2.75, 3.05) is 6.61 Å². The molecule has 0 saturated heterocycles. The smallest absolute Gasteiger partial charge is 0.323 e. The van der Waals surface area contributed by atoms with Gasteiger partial charge in [-0.2, -0.15) is 0 Å². The molecule has 1 aliphatic carbocycles. The predicted molar refractivity (Wildman–Crippen MR) is 81.7 cm³/mol. The van der Waals surface area contributed by atoms with Crippen LogP contribution in [0.15, 0.2) is 18.3 Å². The van der Waals surface area contributed by atoms with Crippen molar-refractivity contribution in [1.29, 1.82) is 0 Å². The summed E-state index contributed by atoms with van der Waals surface area (Å²) >= 11 is 0. The Balaban J connectivity index is 1.98. The molecule has 1 aromatic heterocycles. The molecule has 0 radical (unpaired) electrons. The van der Waals surface area contributed by atoms with Crippen molar-refractivity contribution >= 4 is 5.97 Å². The molecular weight excluding hydrogens is 284 g/mol. The number of nitrogens with one attached hydrogen (secondary N) is 1. The number of carbonyl (C=O) groups is 1. The molecule has 0 bridgehead atoms. The third kappa shape index (κ3) is 4.18. The number of carboxylic acids is 1. The van der Waals surface area contributed by atoms with Gasteiger partial charge in [0.15, 0.2) is 0 Å².